The van der Waals surface area contributed by atoms with Crippen LogP contribution in [0.4, 0.5) is 4.39 Å². The third kappa shape index (κ3) is 6.78. The molecule has 25 heavy (non-hydrogen) atoms. The molecule has 1 saturated heterocycles. The number of benzene rings is 1. The van der Waals surface area contributed by atoms with E-state index in [1.54, 1.807) is 13.1 Å². The fourth-order valence-corrected chi connectivity index (χ4v) is 2.96. The van der Waals surface area contributed by atoms with Gasteiger partial charge in [-0.1, -0.05) is 6.92 Å². The van der Waals surface area contributed by atoms with Crippen LogP contribution in [0.25, 0.3) is 0 Å². The van der Waals surface area contributed by atoms with E-state index in [9.17, 15) is 4.39 Å². The molecule has 0 bridgehead atoms. The molecule has 0 radical (unpaired) electrons. The molecule has 1 heterocycles. The Bertz CT molecular complexity index is 606. The highest BCUT2D eigenvalue weighted by molar-refractivity contribution is 14.0. The molecule has 0 saturated carbocycles. The Kier molecular flexibility index (Phi) is 9.75. The maximum absolute atomic E-state index is 13.8. The highest BCUT2D eigenvalue weighted by atomic mass is 127. The van der Waals surface area contributed by atoms with Crippen molar-refractivity contribution in [1.29, 1.82) is 5.26 Å². The lowest BCUT2D eigenvalue weighted by atomic mass is 10.1. The van der Waals surface area contributed by atoms with Crippen LogP contribution in [-0.4, -0.2) is 43.6 Å². The average molecular weight is 459 g/mol. The minimum atomic E-state index is -0.315. The summed E-state index contributed by atoms with van der Waals surface area (Å²) in [6.45, 7) is 5.86. The second-order valence-corrected chi connectivity index (χ2v) is 6.10. The van der Waals surface area contributed by atoms with Crippen LogP contribution in [0.5, 0.6) is 0 Å². The van der Waals surface area contributed by atoms with E-state index < -0.39 is 0 Å². The van der Waals surface area contributed by atoms with Gasteiger partial charge in [-0.15, -0.1) is 24.0 Å². The van der Waals surface area contributed by atoms with Crippen LogP contribution in [0.1, 0.15) is 37.3 Å². The van der Waals surface area contributed by atoms with Gasteiger partial charge in [-0.25, -0.2) is 4.39 Å². The first-order valence-electron chi connectivity index (χ1n) is 8.54. The molecule has 1 fully saturated rings. The molecular formula is C18H27FIN5. The maximum atomic E-state index is 13.8. The van der Waals surface area contributed by atoms with Gasteiger partial charge in [0.25, 0.3) is 0 Å². The van der Waals surface area contributed by atoms with Gasteiger partial charge in [-0.05, 0) is 44.0 Å². The van der Waals surface area contributed by atoms with E-state index in [1.165, 1.54) is 18.6 Å². The topological polar surface area (TPSA) is 63.4 Å². The highest BCUT2D eigenvalue weighted by Gasteiger charge is 2.19. The number of hydrogen-bond donors (Lipinski definition) is 2. The van der Waals surface area contributed by atoms with E-state index in [4.69, 9.17) is 5.26 Å². The standard InChI is InChI=1S/C18H26FN5.HI/c1-3-8-24-9-6-16(7-10-24)23-18(21-2)22-13-15-11-14(12-20)4-5-17(15)19;/h4-5,11,16H,3,6-10,13H2,1-2H3,(H2,21,22,23);1H. The Balaban J connectivity index is 0.00000312. The minimum absolute atomic E-state index is 0. The number of aliphatic imine (C=N–C) groups is 1. The molecular weight excluding hydrogens is 432 g/mol. The van der Waals surface area contributed by atoms with E-state index in [2.05, 4.69) is 27.4 Å². The summed E-state index contributed by atoms with van der Waals surface area (Å²) in [7, 11) is 1.71. The van der Waals surface area contributed by atoms with Crippen molar-refractivity contribution in [2.24, 2.45) is 4.99 Å². The summed E-state index contributed by atoms with van der Waals surface area (Å²) < 4.78 is 13.8. The molecule has 1 aliphatic heterocycles. The molecule has 0 spiro atoms. The van der Waals surface area contributed by atoms with Crippen molar-refractivity contribution in [2.45, 2.75) is 38.8 Å². The maximum Gasteiger partial charge on any atom is 0.191 e. The normalized spacial score (nSPS) is 16.0. The molecule has 0 unspecified atom stereocenters. The molecule has 138 valence electrons. The van der Waals surface area contributed by atoms with Gasteiger partial charge in [0.15, 0.2) is 5.96 Å². The Hall–Kier alpha value is -1.40. The third-order valence-corrected chi connectivity index (χ3v) is 4.31. The summed E-state index contributed by atoms with van der Waals surface area (Å²) in [5.74, 6) is 0.357. The molecule has 7 heteroatoms. The van der Waals surface area contributed by atoms with Crippen LogP contribution in [0, 0.1) is 17.1 Å². The molecule has 1 aromatic rings. The summed E-state index contributed by atoms with van der Waals surface area (Å²) in [5.41, 5.74) is 0.925. The van der Waals surface area contributed by atoms with Crippen molar-refractivity contribution >= 4 is 29.9 Å². The molecule has 0 aromatic heterocycles. The molecule has 5 nitrogen and oxygen atoms in total. The van der Waals surface area contributed by atoms with Gasteiger partial charge in [0.05, 0.1) is 11.6 Å². The number of halogens is 2. The van der Waals surface area contributed by atoms with Crippen molar-refractivity contribution in [3.8, 4) is 6.07 Å². The number of rotatable bonds is 5. The fourth-order valence-electron chi connectivity index (χ4n) is 2.96. The van der Waals surface area contributed by atoms with E-state index in [-0.39, 0.29) is 29.8 Å². The number of likely N-dealkylation sites (tertiary alicyclic amines) is 1. The van der Waals surface area contributed by atoms with Crippen molar-refractivity contribution in [3.05, 3.63) is 35.1 Å². The minimum Gasteiger partial charge on any atom is -0.354 e. The molecule has 0 amide bonds. The molecule has 2 rings (SSSR count). The van der Waals surface area contributed by atoms with Crippen LogP contribution in [0.3, 0.4) is 0 Å². The number of nitrogens with one attached hydrogen (secondary N) is 2. The second kappa shape index (κ2) is 11.3. The zero-order valence-electron chi connectivity index (χ0n) is 14.9. The van der Waals surface area contributed by atoms with Gasteiger partial charge in [0.1, 0.15) is 5.82 Å². The Morgan fingerprint density at radius 2 is 2.12 bits per heavy atom. The lowest BCUT2D eigenvalue weighted by molar-refractivity contribution is 0.206. The zero-order chi connectivity index (χ0) is 17.4. The average Bonchev–Trinajstić information content (AvgIpc) is 2.61. The number of guanidine groups is 1. The molecule has 1 aromatic carbocycles. The van der Waals surface area contributed by atoms with Crippen LogP contribution in [0.2, 0.25) is 0 Å². The van der Waals surface area contributed by atoms with Crippen LogP contribution in [-0.2, 0) is 6.54 Å². The first kappa shape index (κ1) is 21.6. The number of piperidine rings is 1. The van der Waals surface area contributed by atoms with E-state index in [1.807, 2.05) is 6.07 Å². The van der Waals surface area contributed by atoms with E-state index >= 15 is 0 Å². The Morgan fingerprint density at radius 1 is 1.40 bits per heavy atom. The van der Waals surface area contributed by atoms with Gasteiger partial charge in [0.2, 0.25) is 0 Å². The predicted octanol–water partition coefficient (Wildman–Crippen LogP) is 2.85. The molecule has 1 aliphatic rings. The van der Waals surface area contributed by atoms with Crippen molar-refractivity contribution in [1.82, 2.24) is 15.5 Å². The summed E-state index contributed by atoms with van der Waals surface area (Å²) in [6.07, 6.45) is 3.35. The van der Waals surface area contributed by atoms with Crippen molar-refractivity contribution < 1.29 is 4.39 Å². The first-order valence-corrected chi connectivity index (χ1v) is 8.54. The van der Waals surface area contributed by atoms with Crippen molar-refractivity contribution in [2.75, 3.05) is 26.7 Å². The lowest BCUT2D eigenvalue weighted by Gasteiger charge is -2.32. The quantitative estimate of drug-likeness (QED) is 0.404. The number of nitrogens with zero attached hydrogens (tertiary/aromatic N) is 3. The zero-order valence-corrected chi connectivity index (χ0v) is 17.2. The van der Waals surface area contributed by atoms with Gasteiger partial charge in [-0.2, -0.15) is 5.26 Å². The molecule has 2 N–H and O–H groups in total. The number of hydrogen-bond acceptors (Lipinski definition) is 3. The summed E-state index contributed by atoms with van der Waals surface area (Å²) >= 11 is 0. The highest BCUT2D eigenvalue weighted by Crippen LogP contribution is 2.11. The third-order valence-electron chi connectivity index (χ3n) is 4.31. The monoisotopic (exact) mass is 459 g/mol. The Morgan fingerprint density at radius 3 is 2.72 bits per heavy atom. The van der Waals surface area contributed by atoms with Gasteiger partial charge >= 0.3 is 0 Å². The fraction of sp³-hybridized carbons (Fsp3) is 0.556. The van der Waals surface area contributed by atoms with Gasteiger partial charge in [0, 0.05) is 38.3 Å². The largest absolute Gasteiger partial charge is 0.354 e. The summed E-state index contributed by atoms with van der Waals surface area (Å²) in [5, 5.41) is 15.5. The predicted molar refractivity (Wildman–Crippen MR) is 110 cm³/mol. The Labute approximate surface area is 166 Å². The van der Waals surface area contributed by atoms with Crippen LogP contribution < -0.4 is 10.6 Å². The SMILES string of the molecule is CCCN1CCC(NC(=NC)NCc2cc(C#N)ccc2F)CC1.I. The van der Waals surface area contributed by atoms with Crippen molar-refractivity contribution in [3.63, 3.8) is 0 Å². The molecule has 0 aliphatic carbocycles. The van der Waals surface area contributed by atoms with E-state index in [0.717, 1.165) is 32.5 Å². The molecule has 0 atom stereocenters. The van der Waals surface area contributed by atoms with Crippen LogP contribution >= 0.6 is 24.0 Å². The summed E-state index contributed by atoms with van der Waals surface area (Å²) in [6, 6.07) is 6.80. The second-order valence-electron chi connectivity index (χ2n) is 6.10. The first-order chi connectivity index (χ1) is 11.7. The number of nitriles is 1. The smallest absolute Gasteiger partial charge is 0.191 e. The summed E-state index contributed by atoms with van der Waals surface area (Å²) in [4.78, 5) is 6.70. The van der Waals surface area contributed by atoms with E-state index in [0.29, 0.717) is 29.7 Å². The van der Waals surface area contributed by atoms with Gasteiger partial charge < -0.3 is 15.5 Å². The van der Waals surface area contributed by atoms with Crippen LogP contribution in [0.15, 0.2) is 23.2 Å². The lowest BCUT2D eigenvalue weighted by Crippen LogP contribution is -2.48. The van der Waals surface area contributed by atoms with Gasteiger partial charge in [-0.3, -0.25) is 4.99 Å².